The number of aryl methyl sites for hydroxylation is 1. The van der Waals surface area contributed by atoms with Gasteiger partial charge in [-0.1, -0.05) is 23.2 Å². The zero-order valence-electron chi connectivity index (χ0n) is 11.3. The molecule has 0 saturated carbocycles. The van der Waals surface area contributed by atoms with E-state index in [9.17, 15) is 4.79 Å². The molecule has 2 N–H and O–H groups in total. The molecule has 0 radical (unpaired) electrons. The van der Waals surface area contributed by atoms with E-state index in [1.165, 1.54) is 0 Å². The first-order chi connectivity index (χ1) is 10.0. The van der Waals surface area contributed by atoms with Gasteiger partial charge in [0.15, 0.2) is 5.15 Å². The van der Waals surface area contributed by atoms with Gasteiger partial charge in [0.25, 0.3) is 5.91 Å². The average Bonchev–Trinajstić information content (AvgIpc) is 2.89. The first-order valence-electron chi connectivity index (χ1n) is 6.55. The van der Waals surface area contributed by atoms with E-state index in [4.69, 9.17) is 23.2 Å². The van der Waals surface area contributed by atoms with Crippen LogP contribution < -0.4 is 10.6 Å². The minimum atomic E-state index is -0.209. The van der Waals surface area contributed by atoms with Crippen molar-refractivity contribution in [2.75, 3.05) is 17.2 Å². The van der Waals surface area contributed by atoms with Gasteiger partial charge in [0.1, 0.15) is 5.15 Å². The van der Waals surface area contributed by atoms with Gasteiger partial charge in [-0.3, -0.25) is 4.79 Å². The van der Waals surface area contributed by atoms with Crippen LogP contribution in [0.15, 0.2) is 24.3 Å². The van der Waals surface area contributed by atoms with Crippen molar-refractivity contribution in [1.82, 2.24) is 4.98 Å². The molecule has 0 atom stereocenters. The molecule has 0 fully saturated rings. The number of halogens is 2. The fourth-order valence-corrected chi connectivity index (χ4v) is 2.96. The van der Waals surface area contributed by atoms with E-state index < -0.39 is 0 Å². The van der Waals surface area contributed by atoms with Crippen LogP contribution in [0.1, 0.15) is 21.5 Å². The van der Waals surface area contributed by atoms with E-state index in [-0.39, 0.29) is 11.1 Å². The largest absolute Gasteiger partial charge is 0.384 e. The fraction of sp³-hybridized carbons (Fsp3) is 0.200. The smallest absolute Gasteiger partial charge is 0.255 e. The molecule has 0 spiro atoms. The van der Waals surface area contributed by atoms with E-state index in [2.05, 4.69) is 15.6 Å². The quantitative estimate of drug-likeness (QED) is 0.824. The van der Waals surface area contributed by atoms with E-state index in [1.54, 1.807) is 12.1 Å². The number of carbonyl (C=O) groups excluding carboxylic acids is 1. The number of nitrogens with one attached hydrogen (secondary N) is 2. The number of aromatic nitrogens is 1. The molecule has 0 bridgehead atoms. The maximum Gasteiger partial charge on any atom is 0.255 e. The molecular weight excluding hydrogens is 309 g/mol. The Hall–Kier alpha value is -1.78. The van der Waals surface area contributed by atoms with Crippen molar-refractivity contribution in [1.29, 1.82) is 0 Å². The number of amides is 1. The number of benzene rings is 1. The second kappa shape index (κ2) is 5.54. The Kier molecular flexibility index (Phi) is 3.74. The number of hydrogen-bond donors (Lipinski definition) is 2. The fourth-order valence-electron chi connectivity index (χ4n) is 2.38. The number of nitrogens with zero attached hydrogens (tertiary/aromatic N) is 1. The molecule has 4 nitrogen and oxygen atoms in total. The summed E-state index contributed by atoms with van der Waals surface area (Å²) in [6.07, 6.45) is 0.929. The van der Waals surface area contributed by atoms with Gasteiger partial charge < -0.3 is 10.6 Å². The van der Waals surface area contributed by atoms with Gasteiger partial charge in [-0.05, 0) is 48.7 Å². The first kappa shape index (κ1) is 14.2. The number of anilines is 2. The van der Waals surface area contributed by atoms with Crippen LogP contribution in [0.4, 0.5) is 11.4 Å². The summed E-state index contributed by atoms with van der Waals surface area (Å²) >= 11 is 11.9. The summed E-state index contributed by atoms with van der Waals surface area (Å²) in [5.74, 6) is -0.209. The van der Waals surface area contributed by atoms with Crippen molar-refractivity contribution in [3.05, 3.63) is 51.3 Å². The summed E-state index contributed by atoms with van der Waals surface area (Å²) in [5, 5.41) is 6.56. The summed E-state index contributed by atoms with van der Waals surface area (Å²) in [6, 6.07) is 7.28. The SMILES string of the molecule is Cc1cc(Cl)nc(Cl)c1NC(=O)c1ccc2c(c1)CCN2. The second-order valence-electron chi connectivity index (χ2n) is 4.93. The van der Waals surface area contributed by atoms with Gasteiger partial charge in [-0.15, -0.1) is 0 Å². The number of fused-ring (bicyclic) bond motifs is 1. The zero-order valence-corrected chi connectivity index (χ0v) is 12.8. The van der Waals surface area contributed by atoms with Gasteiger partial charge in [-0.25, -0.2) is 4.98 Å². The molecule has 1 amide bonds. The Bertz CT molecular complexity index is 708. The Labute approximate surface area is 132 Å². The lowest BCUT2D eigenvalue weighted by atomic mass is 10.1. The van der Waals surface area contributed by atoms with Crippen LogP contribution in [0.3, 0.4) is 0 Å². The first-order valence-corrected chi connectivity index (χ1v) is 7.31. The average molecular weight is 322 g/mol. The molecular formula is C15H13Cl2N3O. The van der Waals surface area contributed by atoms with Crippen molar-refractivity contribution in [2.45, 2.75) is 13.3 Å². The predicted octanol–water partition coefficient (Wildman–Crippen LogP) is 3.92. The van der Waals surface area contributed by atoms with E-state index in [0.717, 1.165) is 29.8 Å². The van der Waals surface area contributed by atoms with E-state index in [1.807, 2.05) is 19.1 Å². The second-order valence-corrected chi connectivity index (χ2v) is 5.68. The third-order valence-electron chi connectivity index (χ3n) is 3.46. The van der Waals surface area contributed by atoms with Crippen molar-refractivity contribution < 1.29 is 4.79 Å². The molecule has 1 aromatic carbocycles. The molecule has 2 heterocycles. The molecule has 0 saturated heterocycles. The highest BCUT2D eigenvalue weighted by molar-refractivity contribution is 6.35. The third kappa shape index (κ3) is 2.82. The maximum absolute atomic E-state index is 12.4. The number of rotatable bonds is 2. The molecule has 1 aromatic heterocycles. The Morgan fingerprint density at radius 2 is 2.14 bits per heavy atom. The molecule has 2 aromatic rings. The Morgan fingerprint density at radius 3 is 2.90 bits per heavy atom. The number of pyridine rings is 1. The minimum absolute atomic E-state index is 0.191. The van der Waals surface area contributed by atoms with Gasteiger partial charge >= 0.3 is 0 Å². The lowest BCUT2D eigenvalue weighted by Crippen LogP contribution is -2.14. The molecule has 0 aliphatic carbocycles. The molecule has 1 aliphatic heterocycles. The van der Waals surface area contributed by atoms with Crippen LogP contribution in [0.5, 0.6) is 0 Å². The highest BCUT2D eigenvalue weighted by Crippen LogP contribution is 2.28. The molecule has 21 heavy (non-hydrogen) atoms. The highest BCUT2D eigenvalue weighted by atomic mass is 35.5. The van der Waals surface area contributed by atoms with Crippen molar-refractivity contribution in [2.24, 2.45) is 0 Å². The third-order valence-corrected chi connectivity index (χ3v) is 3.92. The highest BCUT2D eigenvalue weighted by Gasteiger charge is 2.16. The van der Waals surface area contributed by atoms with Crippen molar-refractivity contribution in [3.63, 3.8) is 0 Å². The lowest BCUT2D eigenvalue weighted by Gasteiger charge is -2.11. The lowest BCUT2D eigenvalue weighted by molar-refractivity contribution is 0.102. The maximum atomic E-state index is 12.4. The minimum Gasteiger partial charge on any atom is -0.384 e. The standard InChI is InChI=1S/C15H13Cl2N3O/c1-8-6-12(16)19-14(17)13(8)20-15(21)10-2-3-11-9(7-10)4-5-18-11/h2-3,6-7,18H,4-5H2,1H3,(H,20,21). The van der Waals surface area contributed by atoms with Crippen LogP contribution in [-0.2, 0) is 6.42 Å². The summed E-state index contributed by atoms with van der Waals surface area (Å²) in [7, 11) is 0. The predicted molar refractivity (Wildman–Crippen MR) is 85.6 cm³/mol. The van der Waals surface area contributed by atoms with E-state index in [0.29, 0.717) is 16.4 Å². The number of hydrogen-bond acceptors (Lipinski definition) is 3. The molecule has 3 rings (SSSR count). The Balaban J connectivity index is 1.87. The molecule has 1 aliphatic rings. The van der Waals surface area contributed by atoms with Crippen LogP contribution in [0.2, 0.25) is 10.3 Å². The summed E-state index contributed by atoms with van der Waals surface area (Å²) in [6.45, 7) is 2.73. The summed E-state index contributed by atoms with van der Waals surface area (Å²) < 4.78 is 0. The zero-order chi connectivity index (χ0) is 15.0. The molecule has 0 unspecified atom stereocenters. The van der Waals surface area contributed by atoms with Crippen molar-refractivity contribution in [3.8, 4) is 0 Å². The molecule has 108 valence electrons. The van der Waals surface area contributed by atoms with Crippen LogP contribution in [-0.4, -0.2) is 17.4 Å². The van der Waals surface area contributed by atoms with Gasteiger partial charge in [0, 0.05) is 17.8 Å². The molecule has 6 heteroatoms. The van der Waals surface area contributed by atoms with Gasteiger partial charge in [0.2, 0.25) is 0 Å². The van der Waals surface area contributed by atoms with Crippen LogP contribution in [0.25, 0.3) is 0 Å². The summed E-state index contributed by atoms with van der Waals surface area (Å²) in [4.78, 5) is 16.3. The topological polar surface area (TPSA) is 54.0 Å². The summed E-state index contributed by atoms with van der Waals surface area (Å²) in [5.41, 5.74) is 4.11. The van der Waals surface area contributed by atoms with Gasteiger partial charge in [0.05, 0.1) is 5.69 Å². The van der Waals surface area contributed by atoms with Crippen LogP contribution >= 0.6 is 23.2 Å². The monoisotopic (exact) mass is 321 g/mol. The Morgan fingerprint density at radius 1 is 1.33 bits per heavy atom. The van der Waals surface area contributed by atoms with Crippen LogP contribution in [0, 0.1) is 6.92 Å². The number of carbonyl (C=O) groups is 1. The van der Waals surface area contributed by atoms with Gasteiger partial charge in [-0.2, -0.15) is 0 Å². The van der Waals surface area contributed by atoms with E-state index >= 15 is 0 Å². The van der Waals surface area contributed by atoms with Crippen molar-refractivity contribution >= 4 is 40.5 Å². The normalized spacial score (nSPS) is 12.7.